The van der Waals surface area contributed by atoms with Crippen LogP contribution in [0.4, 0.5) is 0 Å². The zero-order chi connectivity index (χ0) is 67.8. The molecule has 2 saturated heterocycles. The highest BCUT2D eigenvalue weighted by Gasteiger charge is 2.87. The van der Waals surface area contributed by atoms with Gasteiger partial charge in [0.1, 0.15) is 6.10 Å². The SMILES string of the molecule is CC(=O)O[C@@H](C1C[C@@H](C)[C@H]2[C@H](O1)[C@H](O)[C@@]1(C)C3CC[C@H]4C(C)(C)[C@@H](O)CCC45C[C@@]35CC[C@]21C)C(C)(C)O.CC(=O)O[C@@H](C1C[C@@H](C)[C@H]2[C@H](O1)[C@H](O)[C@@]1(C)C3CC[C@H]4C(C)(C)[C@@H](OC(=O)c5cccnc5)CCC45C[C@@]35CC[C@]21C)C(C)(C)O.O=C(Cl)c1ccc[nH+]c1.[Cl-]. The number of aliphatic hydroxyl groups excluding tert-OH is 3. The highest BCUT2D eigenvalue weighted by atomic mass is 35.5. The Kier molecular flexibility index (Phi) is 18.3. The lowest BCUT2D eigenvalue weighted by Crippen LogP contribution is -3.00. The number of aromatic amines is 1. The van der Waals surface area contributed by atoms with E-state index in [0.717, 1.165) is 64.2 Å². The van der Waals surface area contributed by atoms with Crippen LogP contribution >= 0.6 is 11.6 Å². The fourth-order valence-corrected chi connectivity index (χ4v) is 26.3. The van der Waals surface area contributed by atoms with Gasteiger partial charge in [0.05, 0.1) is 65.1 Å². The summed E-state index contributed by atoms with van der Waals surface area (Å²) in [6, 6.07) is 6.91. The van der Waals surface area contributed by atoms with Gasteiger partial charge in [-0.25, -0.2) is 9.78 Å². The van der Waals surface area contributed by atoms with Crippen LogP contribution in [-0.4, -0.2) is 126 Å². The van der Waals surface area contributed by atoms with E-state index in [2.05, 4.69) is 79.2 Å². The summed E-state index contributed by atoms with van der Waals surface area (Å²) in [7, 11) is 0. The molecular weight excluding hydrogens is 1240 g/mol. The fraction of sp³-hybridized carbons (Fsp3) is 0.816. The summed E-state index contributed by atoms with van der Waals surface area (Å²) in [5, 5.41) is 57.2. The first-order valence-corrected chi connectivity index (χ1v) is 36.0. The number of H-pyrrole nitrogens is 1. The van der Waals surface area contributed by atoms with Crippen molar-refractivity contribution in [3.05, 3.63) is 60.2 Å². The standard InChI is InChI=1S/C38H55NO7.C32H52O6.C6H4ClNO.ClH/c1-21-18-24(31(34(5,6)43)44-22(2)40)45-29-28(21)35(7)15-16-38-20-37(38)14-13-27(46-32(42)23-10-9-17-39-19-23)33(3,4)25(37)11-12-26(38)36(35,8)30(29)41;1-17-15-19(26(28(5,6)36)37-18(2)33)38-24-23(17)29(7)13-14-32-16-31(32)12-11-22(34)27(3,4)20(31)9-10-21(32)30(29,8)25(24)35;7-6(9)5-2-1-3-8-4-5;/h9-10,17,19,21,24-31,41,43H,11-16,18,20H2,1-8H3;17,19-26,34-36H,9-16H2,1-8H3;1-4H;1H/t21-,24?,25+,26?,27+,28+,29+,30+,31+,35-,36-,37?,38+;17-,19?,20+,21?,22+,23+,24+,25+,26+,29-,30-,31?,32+;;/m11../s1. The monoisotopic (exact) mass is 1350 g/mol. The number of carbonyl (C=O) groups excluding carboxylic acids is 4. The van der Waals surface area contributed by atoms with Crippen LogP contribution in [-0.2, 0) is 33.3 Å². The van der Waals surface area contributed by atoms with Crippen molar-refractivity contribution >= 4 is 34.8 Å². The average Bonchev–Trinajstić information content (AvgIpc) is 1.47. The Morgan fingerprint density at radius 1 is 0.617 bits per heavy atom. The molecule has 4 heterocycles. The van der Waals surface area contributed by atoms with Crippen LogP contribution < -0.4 is 17.4 Å². The molecular formula is C76H112Cl2N2O14. The van der Waals surface area contributed by atoms with Crippen LogP contribution in [0.2, 0.25) is 0 Å². The van der Waals surface area contributed by atoms with Crippen LogP contribution in [0.5, 0.6) is 0 Å². The van der Waals surface area contributed by atoms with E-state index in [0.29, 0.717) is 53.1 Å². The maximum Gasteiger partial charge on any atom is 0.339 e. The highest BCUT2D eigenvalue weighted by molar-refractivity contribution is 6.67. The third kappa shape index (κ3) is 10.3. The van der Waals surface area contributed by atoms with Crippen LogP contribution in [0, 0.1) is 101 Å². The number of halogens is 2. The molecule has 2 aromatic rings. The number of rotatable bonds is 9. The summed E-state index contributed by atoms with van der Waals surface area (Å²) in [6.45, 7) is 32.8. The first-order valence-electron chi connectivity index (χ1n) is 35.6. The predicted molar refractivity (Wildman–Crippen MR) is 349 cm³/mol. The van der Waals surface area contributed by atoms with Gasteiger partial charge in [0.15, 0.2) is 24.6 Å². The molecule has 12 aliphatic rings. The van der Waals surface area contributed by atoms with E-state index in [-0.39, 0.29) is 115 Å². The second kappa shape index (κ2) is 23.9. The summed E-state index contributed by atoms with van der Waals surface area (Å²) in [4.78, 5) is 54.3. The Balaban J connectivity index is 0.000000170. The van der Waals surface area contributed by atoms with Crippen molar-refractivity contribution in [2.24, 2.45) is 101 Å². The van der Waals surface area contributed by atoms with Gasteiger partial charge in [-0.15, -0.1) is 0 Å². The van der Waals surface area contributed by atoms with E-state index in [1.54, 1.807) is 76.7 Å². The molecule has 18 heteroatoms. The number of ether oxygens (including phenoxy) is 5. The smallest absolute Gasteiger partial charge is 0.339 e. The second-order valence-corrected chi connectivity index (χ2v) is 36.0. The predicted octanol–water partition coefficient (Wildman–Crippen LogP) is 8.87. The zero-order valence-corrected chi connectivity index (χ0v) is 60.5. The molecule has 524 valence electrons. The number of nitrogens with one attached hydrogen (secondary N) is 1. The molecule has 14 rings (SSSR count). The van der Waals surface area contributed by atoms with Crippen molar-refractivity contribution in [2.75, 3.05) is 0 Å². The van der Waals surface area contributed by atoms with Crippen molar-refractivity contribution < 1.29 is 85.8 Å². The topological polar surface area (TPSA) is 243 Å². The molecule has 0 bridgehead atoms. The number of hydrogen-bond acceptors (Lipinski definition) is 15. The Hall–Kier alpha value is -3.32. The Bertz CT molecular complexity index is 3200. The molecule has 0 aromatic carbocycles. The number of pyridine rings is 2. The molecule has 0 radical (unpaired) electrons. The van der Waals surface area contributed by atoms with Gasteiger partial charge in [-0.05, 0) is 245 Å². The number of esters is 3. The van der Waals surface area contributed by atoms with E-state index in [1.165, 1.54) is 39.5 Å². The number of fused-ring (bicyclic) bond motifs is 8. The van der Waals surface area contributed by atoms with Gasteiger partial charge in [0, 0.05) is 48.6 Å². The molecule has 6 N–H and O–H groups in total. The van der Waals surface area contributed by atoms with Crippen LogP contribution in [0.1, 0.15) is 234 Å². The first kappa shape index (κ1) is 71.9. The quantitative estimate of drug-likeness (QED) is 0.0895. The molecule has 0 amide bonds. The molecule has 10 saturated carbocycles. The Labute approximate surface area is 570 Å². The van der Waals surface area contributed by atoms with E-state index in [1.807, 2.05) is 0 Å². The minimum absolute atomic E-state index is 0. The van der Waals surface area contributed by atoms with Gasteiger partial charge in [0.25, 0.3) is 5.24 Å². The lowest BCUT2D eigenvalue weighted by atomic mass is 9.41. The van der Waals surface area contributed by atoms with E-state index in [9.17, 15) is 44.7 Å². The number of hydrogen-bond donors (Lipinski definition) is 5. The third-order valence-corrected chi connectivity index (χ3v) is 30.5. The summed E-state index contributed by atoms with van der Waals surface area (Å²) in [6.07, 6.45) is 18.4. The summed E-state index contributed by atoms with van der Waals surface area (Å²) in [5.74, 6) is 1.64. The number of aromatic nitrogens is 2. The summed E-state index contributed by atoms with van der Waals surface area (Å²) < 4.78 is 31.1. The van der Waals surface area contributed by atoms with Crippen molar-refractivity contribution in [1.82, 2.24) is 4.98 Å². The van der Waals surface area contributed by atoms with Gasteiger partial charge in [0.2, 0.25) is 0 Å². The van der Waals surface area contributed by atoms with E-state index in [4.69, 9.17) is 35.3 Å². The van der Waals surface area contributed by atoms with Crippen molar-refractivity contribution in [3.8, 4) is 0 Å². The molecule has 6 unspecified atom stereocenters. The molecule has 16 nitrogen and oxygen atoms in total. The molecule has 2 aliphatic heterocycles. The van der Waals surface area contributed by atoms with E-state index < -0.39 is 65.0 Å². The van der Waals surface area contributed by atoms with Crippen molar-refractivity contribution in [1.29, 1.82) is 0 Å². The number of nitrogens with zero attached hydrogens (tertiary/aromatic N) is 1. The summed E-state index contributed by atoms with van der Waals surface area (Å²) >= 11 is 5.14. The molecule has 26 atom stereocenters. The van der Waals surface area contributed by atoms with Gasteiger partial charge in [-0.3, -0.25) is 19.4 Å². The molecule has 12 fully saturated rings. The zero-order valence-electron chi connectivity index (χ0n) is 58.9. The minimum atomic E-state index is -1.27. The van der Waals surface area contributed by atoms with Crippen molar-refractivity contribution in [2.45, 2.75) is 286 Å². The molecule has 4 spiro atoms. The van der Waals surface area contributed by atoms with Gasteiger partial charge in [-0.2, -0.15) is 0 Å². The maximum atomic E-state index is 13.1. The van der Waals surface area contributed by atoms with Crippen LogP contribution in [0.3, 0.4) is 0 Å². The second-order valence-electron chi connectivity index (χ2n) is 35.7. The lowest BCUT2D eigenvalue weighted by Gasteiger charge is -2.63. The van der Waals surface area contributed by atoms with Crippen molar-refractivity contribution in [3.63, 3.8) is 0 Å². The molecule has 10 aliphatic carbocycles. The molecule has 94 heavy (non-hydrogen) atoms. The van der Waals surface area contributed by atoms with Gasteiger partial charge >= 0.3 is 17.9 Å². The highest BCUT2D eigenvalue weighted by Crippen LogP contribution is 2.91. The first-order chi connectivity index (χ1) is 43.2. The molecule has 2 aromatic heterocycles. The average molecular weight is 1350 g/mol. The van der Waals surface area contributed by atoms with Crippen LogP contribution in [0.25, 0.3) is 0 Å². The Morgan fingerprint density at radius 3 is 1.46 bits per heavy atom. The van der Waals surface area contributed by atoms with E-state index >= 15 is 0 Å². The van der Waals surface area contributed by atoms with Gasteiger partial charge in [-0.1, -0.05) is 69.2 Å². The lowest BCUT2D eigenvalue weighted by molar-refractivity contribution is -0.378. The normalized spacial score (nSPS) is 46.6. The summed E-state index contributed by atoms with van der Waals surface area (Å²) in [5.41, 5.74) is -1.46. The number of aliphatic hydroxyl groups is 5. The fourth-order valence-electron chi connectivity index (χ4n) is 26.1. The maximum absolute atomic E-state index is 13.1. The third-order valence-electron chi connectivity index (χ3n) is 30.3. The van der Waals surface area contributed by atoms with Crippen LogP contribution in [0.15, 0.2) is 49.1 Å². The number of carbonyl (C=O) groups is 4. The van der Waals surface area contributed by atoms with Gasteiger partial charge < -0.3 is 61.6 Å². The largest absolute Gasteiger partial charge is 1.00 e. The minimum Gasteiger partial charge on any atom is -1.00 e. The Morgan fingerprint density at radius 2 is 1.05 bits per heavy atom.